The van der Waals surface area contributed by atoms with Crippen molar-refractivity contribution in [3.05, 3.63) is 53.3 Å². The molecule has 0 amide bonds. The van der Waals surface area contributed by atoms with Crippen LogP contribution in [-0.2, 0) is 7.05 Å². The predicted octanol–water partition coefficient (Wildman–Crippen LogP) is 3.72. The maximum Gasteiger partial charge on any atom is 0.306 e. The van der Waals surface area contributed by atoms with Crippen LogP contribution in [0.25, 0.3) is 23.2 Å². The molecule has 9 heteroatoms. The minimum absolute atomic E-state index is 0.00936. The third kappa shape index (κ3) is 3.48. The molecular formula is C19H17N5O3S. The lowest BCUT2D eigenvalue weighted by Crippen LogP contribution is -2.04. The van der Waals surface area contributed by atoms with Crippen LogP contribution in [0.5, 0.6) is 0 Å². The summed E-state index contributed by atoms with van der Waals surface area (Å²) in [6.07, 6.45) is 0. The Morgan fingerprint density at radius 1 is 1.00 bits per heavy atom. The van der Waals surface area contributed by atoms with E-state index in [9.17, 15) is 4.79 Å². The van der Waals surface area contributed by atoms with Gasteiger partial charge in [0.2, 0.25) is 5.89 Å². The number of hydrogen-bond acceptors (Lipinski definition) is 8. The van der Waals surface area contributed by atoms with Crippen molar-refractivity contribution in [2.45, 2.75) is 19.1 Å². The van der Waals surface area contributed by atoms with E-state index in [0.717, 1.165) is 17.0 Å². The van der Waals surface area contributed by atoms with Crippen molar-refractivity contribution < 1.29 is 13.6 Å². The van der Waals surface area contributed by atoms with Gasteiger partial charge in [0.15, 0.2) is 5.78 Å². The van der Waals surface area contributed by atoms with Crippen LogP contribution < -0.4 is 0 Å². The monoisotopic (exact) mass is 395 g/mol. The van der Waals surface area contributed by atoms with Crippen molar-refractivity contribution in [1.29, 1.82) is 0 Å². The lowest BCUT2D eigenvalue weighted by Gasteiger charge is -2.01. The van der Waals surface area contributed by atoms with Crippen molar-refractivity contribution in [2.75, 3.05) is 5.75 Å². The minimum atomic E-state index is 0.00936. The Morgan fingerprint density at radius 2 is 1.68 bits per heavy atom. The summed E-state index contributed by atoms with van der Waals surface area (Å²) >= 11 is 1.18. The minimum Gasteiger partial charge on any atom is -0.412 e. The average molecular weight is 395 g/mol. The fourth-order valence-electron chi connectivity index (χ4n) is 2.70. The summed E-state index contributed by atoms with van der Waals surface area (Å²) in [5, 5.41) is 16.1. The van der Waals surface area contributed by atoms with E-state index in [2.05, 4.69) is 20.4 Å². The number of ketones is 1. The topological polar surface area (TPSA) is 99.8 Å². The van der Waals surface area contributed by atoms with E-state index in [-0.39, 0.29) is 28.5 Å². The van der Waals surface area contributed by atoms with E-state index in [1.54, 1.807) is 0 Å². The van der Waals surface area contributed by atoms with Gasteiger partial charge >= 0.3 is 11.8 Å². The molecule has 1 aromatic carbocycles. The van der Waals surface area contributed by atoms with Crippen LogP contribution in [0, 0.1) is 13.8 Å². The molecule has 0 atom stereocenters. The van der Waals surface area contributed by atoms with Crippen LogP contribution in [-0.4, -0.2) is 36.5 Å². The van der Waals surface area contributed by atoms with Gasteiger partial charge in [0.1, 0.15) is 0 Å². The van der Waals surface area contributed by atoms with E-state index in [1.165, 1.54) is 11.8 Å². The Balaban J connectivity index is 1.44. The first kappa shape index (κ1) is 18.2. The van der Waals surface area contributed by atoms with Crippen molar-refractivity contribution in [3.63, 3.8) is 0 Å². The number of aromatic nitrogens is 5. The van der Waals surface area contributed by atoms with Crippen molar-refractivity contribution in [1.82, 2.24) is 25.0 Å². The van der Waals surface area contributed by atoms with E-state index in [0.29, 0.717) is 11.5 Å². The van der Waals surface area contributed by atoms with Gasteiger partial charge in [0, 0.05) is 29.6 Å². The van der Waals surface area contributed by atoms with E-state index >= 15 is 0 Å². The summed E-state index contributed by atoms with van der Waals surface area (Å²) < 4.78 is 13.1. The molecule has 142 valence electrons. The van der Waals surface area contributed by atoms with E-state index < -0.39 is 0 Å². The summed E-state index contributed by atoms with van der Waals surface area (Å²) in [5.74, 6) is 0.837. The lowest BCUT2D eigenvalue weighted by molar-refractivity contribution is 0.102. The summed E-state index contributed by atoms with van der Waals surface area (Å²) in [6.45, 7) is 3.89. The second-order valence-corrected chi connectivity index (χ2v) is 7.13. The smallest absolute Gasteiger partial charge is 0.306 e. The van der Waals surface area contributed by atoms with Gasteiger partial charge in [-0.1, -0.05) is 30.0 Å². The molecule has 0 radical (unpaired) electrons. The van der Waals surface area contributed by atoms with Crippen molar-refractivity contribution >= 4 is 17.5 Å². The summed E-state index contributed by atoms with van der Waals surface area (Å²) in [5.41, 5.74) is 3.48. The second-order valence-electron chi connectivity index (χ2n) is 6.21. The molecule has 0 fully saturated rings. The summed E-state index contributed by atoms with van der Waals surface area (Å²) in [4.78, 5) is 12.5. The van der Waals surface area contributed by atoms with Crippen LogP contribution in [0.1, 0.15) is 21.7 Å². The highest BCUT2D eigenvalue weighted by atomic mass is 32.2. The molecule has 0 aliphatic carbocycles. The number of rotatable bonds is 6. The van der Waals surface area contributed by atoms with Crippen LogP contribution in [0.2, 0.25) is 0 Å². The first-order valence-corrected chi connectivity index (χ1v) is 9.53. The first-order chi connectivity index (χ1) is 13.5. The second kappa shape index (κ2) is 7.43. The Labute approximate surface area is 165 Å². The standard InChI is InChI=1S/C19H17N5O3S/c1-11-9-14(12(2)24(11)3)15(25)10-28-19-23-22-18(27-19)17-21-20-16(26-17)13-7-5-4-6-8-13/h4-9H,10H2,1-3H3. The lowest BCUT2D eigenvalue weighted by atomic mass is 10.2. The third-order valence-corrected chi connectivity index (χ3v) is 5.26. The van der Waals surface area contributed by atoms with Gasteiger partial charge in [-0.05, 0) is 32.0 Å². The van der Waals surface area contributed by atoms with Gasteiger partial charge in [-0.2, -0.15) is 0 Å². The average Bonchev–Trinajstić information content (AvgIpc) is 3.43. The number of Topliss-reactive ketones (excluding diaryl/α,β-unsaturated/α-hetero) is 1. The summed E-state index contributed by atoms with van der Waals surface area (Å²) in [6, 6.07) is 11.3. The normalized spacial score (nSPS) is 11.1. The molecule has 3 aromatic heterocycles. The number of carbonyl (C=O) groups excluding carboxylic acids is 1. The maximum absolute atomic E-state index is 12.5. The molecule has 28 heavy (non-hydrogen) atoms. The van der Waals surface area contributed by atoms with Crippen LogP contribution in [0.3, 0.4) is 0 Å². The largest absolute Gasteiger partial charge is 0.412 e. The summed E-state index contributed by atoms with van der Waals surface area (Å²) in [7, 11) is 1.94. The maximum atomic E-state index is 12.5. The Morgan fingerprint density at radius 3 is 2.39 bits per heavy atom. The van der Waals surface area contributed by atoms with Gasteiger partial charge in [-0.3, -0.25) is 4.79 Å². The zero-order chi connectivity index (χ0) is 19.7. The first-order valence-electron chi connectivity index (χ1n) is 8.54. The molecule has 4 rings (SSSR count). The van der Waals surface area contributed by atoms with Gasteiger partial charge in [0.05, 0.1) is 5.75 Å². The highest BCUT2D eigenvalue weighted by Crippen LogP contribution is 2.26. The van der Waals surface area contributed by atoms with Gasteiger partial charge in [-0.25, -0.2) is 0 Å². The van der Waals surface area contributed by atoms with Crippen molar-refractivity contribution in [2.24, 2.45) is 7.05 Å². The molecule has 0 N–H and O–H groups in total. The number of carbonyl (C=O) groups is 1. The van der Waals surface area contributed by atoms with Gasteiger partial charge < -0.3 is 13.4 Å². The van der Waals surface area contributed by atoms with Crippen LogP contribution in [0.15, 0.2) is 50.5 Å². The molecule has 0 saturated carbocycles. The molecule has 0 unspecified atom stereocenters. The molecule has 0 saturated heterocycles. The fraction of sp³-hybridized carbons (Fsp3) is 0.211. The SMILES string of the molecule is Cc1cc(C(=O)CSc2nnc(-c3nnc(-c4ccccc4)o3)o2)c(C)n1C. The fourth-order valence-corrected chi connectivity index (χ4v) is 3.35. The molecule has 0 spiro atoms. The molecular weight excluding hydrogens is 378 g/mol. The molecule has 4 aromatic rings. The van der Waals surface area contributed by atoms with Crippen molar-refractivity contribution in [3.8, 4) is 23.2 Å². The Hall–Kier alpha value is -3.20. The third-order valence-electron chi connectivity index (χ3n) is 4.44. The number of benzene rings is 1. The van der Waals surface area contributed by atoms with Crippen LogP contribution >= 0.6 is 11.8 Å². The van der Waals surface area contributed by atoms with Crippen LogP contribution in [0.4, 0.5) is 0 Å². The van der Waals surface area contributed by atoms with Gasteiger partial charge in [0.25, 0.3) is 5.22 Å². The highest BCUT2D eigenvalue weighted by molar-refractivity contribution is 7.99. The quantitative estimate of drug-likeness (QED) is 0.360. The Kier molecular flexibility index (Phi) is 4.82. The predicted molar refractivity (Wildman–Crippen MR) is 103 cm³/mol. The zero-order valence-electron chi connectivity index (χ0n) is 15.5. The number of nitrogens with zero attached hydrogens (tertiary/aromatic N) is 5. The van der Waals surface area contributed by atoms with Gasteiger partial charge in [-0.15, -0.1) is 20.4 Å². The molecule has 0 bridgehead atoms. The Bertz CT molecular complexity index is 1130. The molecule has 3 heterocycles. The molecule has 8 nitrogen and oxygen atoms in total. The number of hydrogen-bond donors (Lipinski definition) is 0. The molecule has 0 aliphatic rings. The highest BCUT2D eigenvalue weighted by Gasteiger charge is 2.19. The molecule has 0 aliphatic heterocycles. The van der Waals surface area contributed by atoms with E-state index in [1.807, 2.05) is 61.9 Å². The van der Waals surface area contributed by atoms with E-state index in [4.69, 9.17) is 8.83 Å². The zero-order valence-corrected chi connectivity index (χ0v) is 16.4. The number of aryl methyl sites for hydroxylation is 1. The number of thioether (sulfide) groups is 1.